The molecule has 1 aliphatic carbocycles. The van der Waals surface area contributed by atoms with Crippen LogP contribution in [0.5, 0.6) is 0 Å². The molecule has 17 heavy (non-hydrogen) atoms. The van der Waals surface area contributed by atoms with E-state index in [2.05, 4.69) is 32.7 Å². The van der Waals surface area contributed by atoms with E-state index in [-0.39, 0.29) is 0 Å². The first-order chi connectivity index (χ1) is 8.27. The predicted molar refractivity (Wildman–Crippen MR) is 78.3 cm³/mol. The van der Waals surface area contributed by atoms with Crippen LogP contribution in [0.3, 0.4) is 0 Å². The van der Waals surface area contributed by atoms with Gasteiger partial charge in [0, 0.05) is 21.9 Å². The van der Waals surface area contributed by atoms with Crippen LogP contribution in [-0.2, 0) is 6.54 Å². The first kappa shape index (κ1) is 13.5. The van der Waals surface area contributed by atoms with E-state index in [1.165, 1.54) is 41.5 Å². The minimum atomic E-state index is 0.400. The maximum atomic E-state index is 6.22. The van der Waals surface area contributed by atoms with E-state index in [1.54, 1.807) is 11.3 Å². The number of nitrogens with one attached hydrogen (secondary N) is 1. The minimum absolute atomic E-state index is 0.400. The molecule has 1 fully saturated rings. The van der Waals surface area contributed by atoms with Crippen molar-refractivity contribution < 1.29 is 0 Å². The van der Waals surface area contributed by atoms with E-state index in [4.69, 9.17) is 5.73 Å². The molecule has 1 aromatic rings. The van der Waals surface area contributed by atoms with Crippen molar-refractivity contribution >= 4 is 27.3 Å². The summed E-state index contributed by atoms with van der Waals surface area (Å²) in [5, 5.41) is 5.68. The van der Waals surface area contributed by atoms with Gasteiger partial charge in [0.15, 0.2) is 0 Å². The Bertz CT molecular complexity index is 340. The van der Waals surface area contributed by atoms with Crippen molar-refractivity contribution in [2.75, 3.05) is 6.54 Å². The summed E-state index contributed by atoms with van der Waals surface area (Å²) >= 11 is 5.36. The van der Waals surface area contributed by atoms with Crippen molar-refractivity contribution in [1.29, 1.82) is 0 Å². The van der Waals surface area contributed by atoms with Crippen molar-refractivity contribution in [3.8, 4) is 0 Å². The molecule has 1 heterocycles. The van der Waals surface area contributed by atoms with Crippen LogP contribution < -0.4 is 11.1 Å². The lowest BCUT2D eigenvalue weighted by Gasteiger charge is -2.21. The average Bonchev–Trinajstić information content (AvgIpc) is 2.60. The summed E-state index contributed by atoms with van der Waals surface area (Å²) in [6, 6.07) is 2.51. The summed E-state index contributed by atoms with van der Waals surface area (Å²) in [5.74, 6) is 0.663. The smallest absolute Gasteiger partial charge is 0.0327 e. The highest BCUT2D eigenvalue weighted by atomic mass is 79.9. The molecule has 1 aliphatic rings. The van der Waals surface area contributed by atoms with Gasteiger partial charge in [-0.2, -0.15) is 0 Å². The molecular weight excluding hydrogens is 296 g/mol. The Morgan fingerprint density at radius 3 is 2.94 bits per heavy atom. The highest BCUT2D eigenvalue weighted by Crippen LogP contribution is 2.24. The van der Waals surface area contributed by atoms with E-state index >= 15 is 0 Å². The van der Waals surface area contributed by atoms with Crippen molar-refractivity contribution in [1.82, 2.24) is 5.32 Å². The van der Waals surface area contributed by atoms with Crippen LogP contribution in [0.4, 0.5) is 0 Å². The number of thiophene rings is 1. The van der Waals surface area contributed by atoms with E-state index in [1.807, 2.05) is 0 Å². The van der Waals surface area contributed by atoms with Crippen molar-refractivity contribution in [3.63, 3.8) is 0 Å². The molecule has 1 saturated carbocycles. The maximum absolute atomic E-state index is 6.22. The van der Waals surface area contributed by atoms with Gasteiger partial charge >= 0.3 is 0 Å². The summed E-state index contributed by atoms with van der Waals surface area (Å²) in [7, 11) is 0. The van der Waals surface area contributed by atoms with Gasteiger partial charge < -0.3 is 11.1 Å². The summed E-state index contributed by atoms with van der Waals surface area (Å²) < 4.78 is 1.22. The van der Waals surface area contributed by atoms with Crippen LogP contribution in [-0.4, -0.2) is 12.6 Å². The normalized spacial score (nSPS) is 25.8. The quantitative estimate of drug-likeness (QED) is 0.834. The van der Waals surface area contributed by atoms with Gasteiger partial charge in [0.25, 0.3) is 0 Å². The fraction of sp³-hybridized carbons (Fsp3) is 0.692. The molecule has 4 heteroatoms. The highest BCUT2D eigenvalue weighted by molar-refractivity contribution is 9.10. The van der Waals surface area contributed by atoms with E-state index < -0.39 is 0 Å². The Hall–Kier alpha value is 0.100. The van der Waals surface area contributed by atoms with Crippen LogP contribution in [0.1, 0.15) is 37.0 Å². The molecule has 2 unspecified atom stereocenters. The van der Waals surface area contributed by atoms with Crippen molar-refractivity contribution in [3.05, 3.63) is 20.8 Å². The van der Waals surface area contributed by atoms with Gasteiger partial charge in [-0.3, -0.25) is 0 Å². The zero-order valence-electron chi connectivity index (χ0n) is 10.1. The van der Waals surface area contributed by atoms with Gasteiger partial charge in [0.2, 0.25) is 0 Å². The van der Waals surface area contributed by atoms with Gasteiger partial charge in [-0.05, 0) is 52.7 Å². The maximum Gasteiger partial charge on any atom is 0.0327 e. The van der Waals surface area contributed by atoms with Crippen LogP contribution in [0.15, 0.2) is 15.9 Å². The Labute approximate surface area is 116 Å². The summed E-state index contributed by atoms with van der Waals surface area (Å²) in [5.41, 5.74) is 6.22. The number of hydrogen-bond acceptors (Lipinski definition) is 3. The van der Waals surface area contributed by atoms with Crippen molar-refractivity contribution in [2.45, 2.75) is 44.7 Å². The Balaban J connectivity index is 1.75. The lowest BCUT2D eigenvalue weighted by molar-refractivity contribution is 0.374. The van der Waals surface area contributed by atoms with Gasteiger partial charge in [-0.25, -0.2) is 0 Å². The topological polar surface area (TPSA) is 38.0 Å². The second-order valence-corrected chi connectivity index (χ2v) is 6.74. The molecule has 0 saturated heterocycles. The SMILES string of the molecule is NC1CCCCCC1CNCc1sccc1Br. The molecule has 0 bridgehead atoms. The third-order valence-electron chi connectivity index (χ3n) is 3.60. The zero-order chi connectivity index (χ0) is 12.1. The van der Waals surface area contributed by atoms with Crippen LogP contribution in [0.2, 0.25) is 0 Å². The first-order valence-corrected chi connectivity index (χ1v) is 8.13. The van der Waals surface area contributed by atoms with Gasteiger partial charge in [0.1, 0.15) is 0 Å². The van der Waals surface area contributed by atoms with Crippen molar-refractivity contribution in [2.24, 2.45) is 11.7 Å². The average molecular weight is 317 g/mol. The molecular formula is C13H21BrN2S. The van der Waals surface area contributed by atoms with E-state index in [9.17, 15) is 0 Å². The number of rotatable bonds is 4. The van der Waals surface area contributed by atoms with Gasteiger partial charge in [-0.15, -0.1) is 11.3 Å². The number of nitrogens with two attached hydrogens (primary N) is 1. The Morgan fingerprint density at radius 2 is 2.18 bits per heavy atom. The molecule has 0 amide bonds. The first-order valence-electron chi connectivity index (χ1n) is 6.45. The van der Waals surface area contributed by atoms with Crippen LogP contribution in [0, 0.1) is 5.92 Å². The van der Waals surface area contributed by atoms with Crippen LogP contribution in [0.25, 0.3) is 0 Å². The Kier molecular flexibility index (Phi) is 5.48. The molecule has 3 N–H and O–H groups in total. The molecule has 0 aromatic carbocycles. The Morgan fingerprint density at radius 1 is 1.35 bits per heavy atom. The molecule has 96 valence electrons. The molecule has 2 nitrogen and oxygen atoms in total. The summed E-state index contributed by atoms with van der Waals surface area (Å²) in [4.78, 5) is 1.38. The minimum Gasteiger partial charge on any atom is -0.327 e. The standard InChI is InChI=1S/C13H21BrN2S/c14-11-6-7-17-13(11)9-16-8-10-4-2-1-3-5-12(10)15/h6-7,10,12,16H,1-5,8-9,15H2. The second-order valence-electron chi connectivity index (χ2n) is 4.88. The lowest BCUT2D eigenvalue weighted by Crippen LogP contribution is -2.36. The third-order valence-corrected chi connectivity index (χ3v) is 5.53. The van der Waals surface area contributed by atoms with Gasteiger partial charge in [0.05, 0.1) is 0 Å². The van der Waals surface area contributed by atoms with Gasteiger partial charge in [-0.1, -0.05) is 19.3 Å². The fourth-order valence-electron chi connectivity index (χ4n) is 2.49. The largest absolute Gasteiger partial charge is 0.327 e. The molecule has 0 aliphatic heterocycles. The second kappa shape index (κ2) is 6.88. The molecule has 2 atom stereocenters. The number of hydrogen-bond donors (Lipinski definition) is 2. The summed E-state index contributed by atoms with van der Waals surface area (Å²) in [6.45, 7) is 2.02. The highest BCUT2D eigenvalue weighted by Gasteiger charge is 2.19. The third kappa shape index (κ3) is 4.05. The lowest BCUT2D eigenvalue weighted by atomic mass is 9.95. The predicted octanol–water partition coefficient (Wildman–Crippen LogP) is 3.51. The zero-order valence-corrected chi connectivity index (χ0v) is 12.5. The fourth-order valence-corrected chi connectivity index (χ4v) is 3.95. The molecule has 0 spiro atoms. The molecule has 0 radical (unpaired) electrons. The molecule has 2 rings (SSSR count). The number of halogens is 1. The summed E-state index contributed by atoms with van der Waals surface area (Å²) in [6.07, 6.45) is 6.52. The van der Waals surface area contributed by atoms with Crippen LogP contribution >= 0.6 is 27.3 Å². The molecule has 1 aromatic heterocycles. The van der Waals surface area contributed by atoms with E-state index in [0.717, 1.165) is 13.1 Å². The van der Waals surface area contributed by atoms with E-state index in [0.29, 0.717) is 12.0 Å². The monoisotopic (exact) mass is 316 g/mol.